The number of hydrogen-bond acceptors (Lipinski definition) is 5. The van der Waals surface area contributed by atoms with Crippen LogP contribution in [0.25, 0.3) is 6.08 Å². The number of nitrogen functional groups attached to an aromatic ring is 1. The number of nitrogens with two attached hydrogens (primary N) is 1. The smallest absolute Gasteiger partial charge is 0.332 e. The van der Waals surface area contributed by atoms with Crippen molar-refractivity contribution < 1.29 is 13.6 Å². The van der Waals surface area contributed by atoms with Crippen LogP contribution in [-0.2, 0) is 14.1 Å². The fraction of sp³-hybridized carbons (Fsp3) is 0.125. The van der Waals surface area contributed by atoms with Crippen molar-refractivity contribution in [2.45, 2.75) is 0 Å². The fourth-order valence-electron chi connectivity index (χ4n) is 2.15. The zero-order chi connectivity index (χ0) is 18.9. The van der Waals surface area contributed by atoms with Crippen LogP contribution in [0.5, 0.6) is 0 Å². The summed E-state index contributed by atoms with van der Waals surface area (Å²) in [4.78, 5) is 36.5. The van der Waals surface area contributed by atoms with Crippen LogP contribution in [-0.4, -0.2) is 14.9 Å². The molecule has 0 aliphatic heterocycles. The lowest BCUT2D eigenvalue weighted by Crippen LogP contribution is -2.41. The molecule has 0 aliphatic carbocycles. The average molecular weight is 346 g/mol. The third-order valence-electron chi connectivity index (χ3n) is 3.59. The molecule has 2 aromatic rings. The minimum absolute atomic E-state index is 0.451. The van der Waals surface area contributed by atoms with E-state index in [1.165, 1.54) is 13.1 Å². The van der Waals surface area contributed by atoms with Crippen LogP contribution in [0.1, 0.15) is 15.9 Å². The molecular weight excluding hydrogens is 334 g/mol. The Hall–Kier alpha value is -3.54. The molecule has 0 saturated heterocycles. The van der Waals surface area contributed by atoms with Crippen LogP contribution in [0, 0.1) is 23.0 Å². The number of nitrogens with zero attached hydrogens (tertiary/aromatic N) is 3. The summed E-state index contributed by atoms with van der Waals surface area (Å²) in [6.45, 7) is 0. The predicted octanol–water partition coefficient (Wildman–Crippen LogP) is 0.734. The van der Waals surface area contributed by atoms with Gasteiger partial charge in [-0.2, -0.15) is 5.26 Å². The first-order valence-corrected chi connectivity index (χ1v) is 6.86. The summed E-state index contributed by atoms with van der Waals surface area (Å²) in [5.41, 5.74) is 1.93. The van der Waals surface area contributed by atoms with Crippen molar-refractivity contribution in [3.63, 3.8) is 0 Å². The van der Waals surface area contributed by atoms with Gasteiger partial charge in [-0.1, -0.05) is 6.07 Å². The SMILES string of the molecule is Cn1c(N)c(C(=O)/C(C#N)=C/c2c(F)cccc2F)c(=O)n(C)c1=O. The summed E-state index contributed by atoms with van der Waals surface area (Å²) < 4.78 is 28.9. The number of allylic oxidation sites excluding steroid dienone is 1. The van der Waals surface area contributed by atoms with Crippen molar-refractivity contribution in [2.24, 2.45) is 14.1 Å². The molecule has 0 aliphatic rings. The molecule has 1 heterocycles. The van der Waals surface area contributed by atoms with Gasteiger partial charge in [0, 0.05) is 19.7 Å². The summed E-state index contributed by atoms with van der Waals surface area (Å²) in [7, 11) is 2.37. The Kier molecular flexibility index (Phi) is 4.65. The van der Waals surface area contributed by atoms with E-state index in [9.17, 15) is 28.4 Å². The molecular formula is C16H12F2N4O3. The van der Waals surface area contributed by atoms with Gasteiger partial charge in [0.1, 0.15) is 34.7 Å². The van der Waals surface area contributed by atoms with Gasteiger partial charge in [0.25, 0.3) is 5.56 Å². The second-order valence-electron chi connectivity index (χ2n) is 5.10. The zero-order valence-electron chi connectivity index (χ0n) is 13.2. The molecule has 0 unspecified atom stereocenters. The molecule has 0 radical (unpaired) electrons. The Morgan fingerprint density at radius 3 is 2.28 bits per heavy atom. The minimum Gasteiger partial charge on any atom is -0.384 e. The van der Waals surface area contributed by atoms with E-state index >= 15 is 0 Å². The average Bonchev–Trinajstić information content (AvgIpc) is 2.58. The number of rotatable bonds is 3. The van der Waals surface area contributed by atoms with Gasteiger partial charge in [-0.05, 0) is 18.2 Å². The van der Waals surface area contributed by atoms with Crippen LogP contribution in [0.15, 0.2) is 33.4 Å². The Morgan fingerprint density at radius 2 is 1.76 bits per heavy atom. The van der Waals surface area contributed by atoms with E-state index in [-0.39, 0.29) is 0 Å². The van der Waals surface area contributed by atoms with Crippen molar-refractivity contribution in [1.82, 2.24) is 9.13 Å². The molecule has 128 valence electrons. The van der Waals surface area contributed by atoms with Crippen LogP contribution in [0.4, 0.5) is 14.6 Å². The summed E-state index contributed by atoms with van der Waals surface area (Å²) >= 11 is 0. The van der Waals surface area contributed by atoms with Gasteiger partial charge in [-0.3, -0.25) is 18.7 Å². The highest BCUT2D eigenvalue weighted by Gasteiger charge is 2.24. The molecule has 0 bridgehead atoms. The molecule has 0 amide bonds. The second kappa shape index (κ2) is 6.52. The summed E-state index contributed by atoms with van der Waals surface area (Å²) in [5, 5.41) is 9.17. The number of Topliss-reactive ketones (excluding diaryl/α,β-unsaturated/α-hetero) is 1. The van der Waals surface area contributed by atoms with Gasteiger partial charge in [0.2, 0.25) is 5.78 Å². The summed E-state index contributed by atoms with van der Waals surface area (Å²) in [5.74, 6) is -3.56. The van der Waals surface area contributed by atoms with Gasteiger partial charge in [0.15, 0.2) is 0 Å². The van der Waals surface area contributed by atoms with E-state index in [0.717, 1.165) is 29.8 Å². The van der Waals surface area contributed by atoms with E-state index in [0.29, 0.717) is 10.6 Å². The van der Waals surface area contributed by atoms with Crippen LogP contribution in [0.2, 0.25) is 0 Å². The maximum Gasteiger partial charge on any atom is 0.332 e. The molecule has 25 heavy (non-hydrogen) atoms. The van der Waals surface area contributed by atoms with E-state index in [1.807, 2.05) is 0 Å². The van der Waals surface area contributed by atoms with Gasteiger partial charge in [0.05, 0.1) is 0 Å². The van der Waals surface area contributed by atoms with Gasteiger partial charge in [-0.25, -0.2) is 13.6 Å². The molecule has 1 aromatic heterocycles. The van der Waals surface area contributed by atoms with Crippen molar-refractivity contribution >= 4 is 17.7 Å². The standard InChI is InChI=1S/C16H12F2N4O3/c1-21-14(20)12(15(24)22(2)16(21)25)13(23)8(7-19)6-9-10(17)4-3-5-11(9)18/h3-6H,20H2,1-2H3/b8-6+. The minimum atomic E-state index is -1.14. The Morgan fingerprint density at radius 1 is 1.20 bits per heavy atom. The first-order valence-electron chi connectivity index (χ1n) is 6.86. The Balaban J connectivity index is 2.72. The Bertz CT molecular complexity index is 1050. The molecule has 7 nitrogen and oxygen atoms in total. The number of anilines is 1. The quantitative estimate of drug-likeness (QED) is 0.500. The molecule has 0 atom stereocenters. The molecule has 9 heteroatoms. The van der Waals surface area contributed by atoms with E-state index < -0.39 is 51.2 Å². The highest BCUT2D eigenvalue weighted by atomic mass is 19.1. The predicted molar refractivity (Wildman–Crippen MR) is 85.6 cm³/mol. The van der Waals surface area contributed by atoms with Crippen molar-refractivity contribution in [3.05, 3.63) is 67.4 Å². The van der Waals surface area contributed by atoms with Crippen LogP contribution >= 0.6 is 0 Å². The maximum atomic E-state index is 13.7. The summed E-state index contributed by atoms with van der Waals surface area (Å²) in [6, 6.07) is 4.52. The second-order valence-corrected chi connectivity index (χ2v) is 5.10. The number of ketones is 1. The number of nitriles is 1. The number of carbonyl (C=O) groups is 1. The van der Waals surface area contributed by atoms with E-state index in [4.69, 9.17) is 5.73 Å². The third kappa shape index (κ3) is 2.97. The molecule has 0 saturated carbocycles. The number of benzene rings is 1. The van der Waals surface area contributed by atoms with Crippen molar-refractivity contribution in [1.29, 1.82) is 5.26 Å². The molecule has 2 N–H and O–H groups in total. The van der Waals surface area contributed by atoms with Gasteiger partial charge < -0.3 is 5.73 Å². The van der Waals surface area contributed by atoms with Crippen LogP contribution in [0.3, 0.4) is 0 Å². The monoisotopic (exact) mass is 346 g/mol. The van der Waals surface area contributed by atoms with E-state index in [2.05, 4.69) is 0 Å². The van der Waals surface area contributed by atoms with E-state index in [1.54, 1.807) is 0 Å². The maximum absolute atomic E-state index is 13.7. The number of aromatic nitrogens is 2. The normalized spacial score (nSPS) is 11.2. The van der Waals surface area contributed by atoms with Crippen molar-refractivity contribution in [2.75, 3.05) is 5.73 Å². The lowest BCUT2D eigenvalue weighted by atomic mass is 10.0. The fourth-order valence-corrected chi connectivity index (χ4v) is 2.15. The lowest BCUT2D eigenvalue weighted by molar-refractivity contribution is 0.103. The topological polar surface area (TPSA) is 111 Å². The third-order valence-corrected chi connectivity index (χ3v) is 3.59. The lowest BCUT2D eigenvalue weighted by Gasteiger charge is -2.10. The Labute approximate surface area is 139 Å². The molecule has 0 fully saturated rings. The molecule has 0 spiro atoms. The van der Waals surface area contributed by atoms with Crippen LogP contribution < -0.4 is 17.0 Å². The molecule has 2 rings (SSSR count). The van der Waals surface area contributed by atoms with Gasteiger partial charge in [-0.15, -0.1) is 0 Å². The highest BCUT2D eigenvalue weighted by Crippen LogP contribution is 2.18. The zero-order valence-corrected chi connectivity index (χ0v) is 13.2. The number of carbonyl (C=O) groups excluding carboxylic acids is 1. The first kappa shape index (κ1) is 17.8. The molecule has 1 aromatic carbocycles. The number of halogens is 2. The van der Waals surface area contributed by atoms with Gasteiger partial charge >= 0.3 is 5.69 Å². The largest absolute Gasteiger partial charge is 0.384 e. The number of hydrogen-bond donors (Lipinski definition) is 1. The highest BCUT2D eigenvalue weighted by molar-refractivity contribution is 6.16. The first-order chi connectivity index (χ1) is 11.7. The summed E-state index contributed by atoms with van der Waals surface area (Å²) in [6.07, 6.45) is 0.691. The van der Waals surface area contributed by atoms with Crippen molar-refractivity contribution in [3.8, 4) is 6.07 Å².